The molecule has 2 unspecified atom stereocenters. The van der Waals surface area contributed by atoms with Crippen molar-refractivity contribution >= 4 is 6.03 Å². The molecule has 0 saturated carbocycles. The zero-order valence-corrected chi connectivity index (χ0v) is 11.3. The SMILES string of the molecule is CCC(NC(=O)N1CCC2(CCCOC2)C1)C(F)F. The van der Waals surface area contributed by atoms with Crippen molar-refractivity contribution in [2.45, 2.75) is 45.1 Å². The summed E-state index contributed by atoms with van der Waals surface area (Å²) < 4.78 is 30.8. The Labute approximate surface area is 112 Å². The maximum Gasteiger partial charge on any atom is 0.317 e. The number of urea groups is 1. The number of ether oxygens (including phenoxy) is 1. The van der Waals surface area contributed by atoms with E-state index in [4.69, 9.17) is 4.74 Å². The van der Waals surface area contributed by atoms with Crippen LogP contribution in [0.25, 0.3) is 0 Å². The fraction of sp³-hybridized carbons (Fsp3) is 0.923. The Bertz CT molecular complexity index is 320. The summed E-state index contributed by atoms with van der Waals surface area (Å²) in [6.07, 6.45) is 0.716. The molecule has 0 aromatic rings. The van der Waals surface area contributed by atoms with Crippen molar-refractivity contribution < 1.29 is 18.3 Å². The molecule has 2 heterocycles. The number of carbonyl (C=O) groups excluding carboxylic acids is 1. The van der Waals surface area contributed by atoms with E-state index in [1.165, 1.54) is 0 Å². The molecular formula is C13H22F2N2O2. The van der Waals surface area contributed by atoms with Gasteiger partial charge in [-0.3, -0.25) is 0 Å². The molecule has 4 nitrogen and oxygen atoms in total. The highest BCUT2D eigenvalue weighted by Crippen LogP contribution is 2.37. The predicted molar refractivity (Wildman–Crippen MR) is 67.3 cm³/mol. The fourth-order valence-electron chi connectivity index (χ4n) is 2.93. The van der Waals surface area contributed by atoms with E-state index in [9.17, 15) is 13.6 Å². The molecule has 110 valence electrons. The Hall–Kier alpha value is -0.910. The van der Waals surface area contributed by atoms with Crippen molar-refractivity contribution in [1.29, 1.82) is 0 Å². The highest BCUT2D eigenvalue weighted by Gasteiger charge is 2.41. The summed E-state index contributed by atoms with van der Waals surface area (Å²) in [5, 5.41) is 2.43. The second kappa shape index (κ2) is 6.03. The largest absolute Gasteiger partial charge is 0.381 e. The number of hydrogen-bond acceptors (Lipinski definition) is 2. The van der Waals surface area contributed by atoms with E-state index in [0.717, 1.165) is 25.9 Å². The minimum absolute atomic E-state index is 0.0577. The summed E-state index contributed by atoms with van der Waals surface area (Å²) in [5.41, 5.74) is 0.0577. The van der Waals surface area contributed by atoms with Crippen molar-refractivity contribution in [2.75, 3.05) is 26.3 Å². The molecule has 2 saturated heterocycles. The lowest BCUT2D eigenvalue weighted by molar-refractivity contribution is -0.000652. The van der Waals surface area contributed by atoms with Gasteiger partial charge in [0.25, 0.3) is 6.43 Å². The zero-order valence-electron chi connectivity index (χ0n) is 11.3. The van der Waals surface area contributed by atoms with Gasteiger partial charge in [0.05, 0.1) is 12.6 Å². The summed E-state index contributed by atoms with van der Waals surface area (Å²) in [5.74, 6) is 0. The molecule has 2 fully saturated rings. The Morgan fingerprint density at radius 2 is 2.26 bits per heavy atom. The van der Waals surface area contributed by atoms with Gasteiger partial charge in [0.1, 0.15) is 0 Å². The highest BCUT2D eigenvalue weighted by molar-refractivity contribution is 5.75. The molecule has 0 aromatic heterocycles. The van der Waals surface area contributed by atoms with Crippen LogP contribution in [0.15, 0.2) is 0 Å². The second-order valence-corrected chi connectivity index (χ2v) is 5.63. The zero-order chi connectivity index (χ0) is 13.9. The number of halogens is 2. The first-order chi connectivity index (χ1) is 9.06. The molecule has 2 aliphatic rings. The number of nitrogens with one attached hydrogen (secondary N) is 1. The van der Waals surface area contributed by atoms with E-state index in [2.05, 4.69) is 5.32 Å². The highest BCUT2D eigenvalue weighted by atomic mass is 19.3. The van der Waals surface area contributed by atoms with E-state index < -0.39 is 12.5 Å². The molecule has 2 amide bonds. The quantitative estimate of drug-likeness (QED) is 0.859. The number of rotatable bonds is 3. The van der Waals surface area contributed by atoms with Gasteiger partial charge < -0.3 is 15.0 Å². The minimum atomic E-state index is -2.51. The Balaban J connectivity index is 1.87. The number of nitrogens with zero attached hydrogens (tertiary/aromatic N) is 1. The van der Waals surface area contributed by atoms with Gasteiger partial charge in [-0.05, 0) is 25.7 Å². The molecular weight excluding hydrogens is 254 g/mol. The summed E-state index contributed by atoms with van der Waals surface area (Å²) >= 11 is 0. The van der Waals surface area contributed by atoms with Gasteiger partial charge in [-0.1, -0.05) is 6.92 Å². The summed E-state index contributed by atoms with van der Waals surface area (Å²) in [7, 11) is 0. The van der Waals surface area contributed by atoms with Gasteiger partial charge in [-0.2, -0.15) is 0 Å². The molecule has 2 rings (SSSR count). The average molecular weight is 276 g/mol. The number of likely N-dealkylation sites (tertiary alicyclic amines) is 1. The van der Waals surface area contributed by atoms with Crippen molar-refractivity contribution in [3.05, 3.63) is 0 Å². The number of amides is 2. The monoisotopic (exact) mass is 276 g/mol. The van der Waals surface area contributed by atoms with Crippen molar-refractivity contribution in [2.24, 2.45) is 5.41 Å². The van der Waals surface area contributed by atoms with Crippen LogP contribution < -0.4 is 5.32 Å². The molecule has 1 spiro atoms. The average Bonchev–Trinajstić information content (AvgIpc) is 2.80. The van der Waals surface area contributed by atoms with Gasteiger partial charge in [0.2, 0.25) is 0 Å². The van der Waals surface area contributed by atoms with Crippen LogP contribution in [0, 0.1) is 5.41 Å². The Kier molecular flexibility index (Phi) is 4.60. The van der Waals surface area contributed by atoms with Crippen molar-refractivity contribution in [3.8, 4) is 0 Å². The van der Waals surface area contributed by atoms with Crippen LogP contribution in [0.1, 0.15) is 32.6 Å². The maximum atomic E-state index is 12.6. The predicted octanol–water partition coefficient (Wildman–Crippen LogP) is 2.24. The Morgan fingerprint density at radius 3 is 2.84 bits per heavy atom. The summed E-state index contributed by atoms with van der Waals surface area (Å²) in [4.78, 5) is 13.6. The van der Waals surface area contributed by atoms with Crippen LogP contribution in [0.2, 0.25) is 0 Å². The van der Waals surface area contributed by atoms with E-state index in [1.54, 1.807) is 11.8 Å². The first-order valence-electron chi connectivity index (χ1n) is 6.98. The lowest BCUT2D eigenvalue weighted by Crippen LogP contribution is -2.47. The smallest absolute Gasteiger partial charge is 0.317 e. The molecule has 1 N–H and O–H groups in total. The lowest BCUT2D eigenvalue weighted by Gasteiger charge is -2.33. The third kappa shape index (κ3) is 3.35. The van der Waals surface area contributed by atoms with E-state index in [0.29, 0.717) is 19.7 Å². The van der Waals surface area contributed by atoms with E-state index >= 15 is 0 Å². The van der Waals surface area contributed by atoms with E-state index in [1.807, 2.05) is 0 Å². The fourth-order valence-corrected chi connectivity index (χ4v) is 2.93. The molecule has 2 atom stereocenters. The number of carbonyl (C=O) groups is 1. The van der Waals surface area contributed by atoms with Crippen LogP contribution in [0.3, 0.4) is 0 Å². The number of hydrogen-bond donors (Lipinski definition) is 1. The maximum absolute atomic E-state index is 12.6. The molecule has 6 heteroatoms. The van der Waals surface area contributed by atoms with Gasteiger partial charge >= 0.3 is 6.03 Å². The molecule has 0 radical (unpaired) electrons. The third-order valence-electron chi connectivity index (χ3n) is 4.18. The van der Waals surface area contributed by atoms with Gasteiger partial charge in [-0.25, -0.2) is 13.6 Å². The third-order valence-corrected chi connectivity index (χ3v) is 4.18. The molecule has 2 aliphatic heterocycles. The molecule has 0 aromatic carbocycles. The molecule has 19 heavy (non-hydrogen) atoms. The van der Waals surface area contributed by atoms with Crippen LogP contribution in [0.5, 0.6) is 0 Å². The standard InChI is InChI=1S/C13H22F2N2O2/c1-2-10(11(14)15)16-12(18)17-6-5-13(8-17)4-3-7-19-9-13/h10-11H,2-9H2,1H3,(H,16,18). The van der Waals surface area contributed by atoms with Gasteiger partial charge in [0, 0.05) is 25.1 Å². The molecule has 0 aliphatic carbocycles. The van der Waals surface area contributed by atoms with Gasteiger partial charge in [0.15, 0.2) is 0 Å². The van der Waals surface area contributed by atoms with Gasteiger partial charge in [-0.15, -0.1) is 0 Å². The van der Waals surface area contributed by atoms with Crippen LogP contribution >= 0.6 is 0 Å². The Morgan fingerprint density at radius 1 is 1.47 bits per heavy atom. The van der Waals surface area contributed by atoms with Crippen molar-refractivity contribution in [3.63, 3.8) is 0 Å². The van der Waals surface area contributed by atoms with Crippen LogP contribution in [-0.2, 0) is 4.74 Å². The summed E-state index contributed by atoms with van der Waals surface area (Å²) in [6.45, 7) is 4.38. The minimum Gasteiger partial charge on any atom is -0.381 e. The van der Waals surface area contributed by atoms with Crippen LogP contribution in [0.4, 0.5) is 13.6 Å². The molecule has 0 bridgehead atoms. The van der Waals surface area contributed by atoms with E-state index in [-0.39, 0.29) is 17.9 Å². The summed E-state index contributed by atoms with van der Waals surface area (Å²) in [6, 6.07) is -1.42. The second-order valence-electron chi connectivity index (χ2n) is 5.63. The number of alkyl halides is 2. The topological polar surface area (TPSA) is 41.6 Å². The van der Waals surface area contributed by atoms with Crippen molar-refractivity contribution in [1.82, 2.24) is 10.2 Å². The normalized spacial score (nSPS) is 28.9. The van der Waals surface area contributed by atoms with Crippen LogP contribution in [-0.4, -0.2) is 49.7 Å². The first-order valence-corrected chi connectivity index (χ1v) is 6.98. The lowest BCUT2D eigenvalue weighted by atomic mass is 9.82. The first kappa shape index (κ1) is 14.5.